The lowest BCUT2D eigenvalue weighted by Gasteiger charge is -2.24. The molecule has 3 heterocycles. The fourth-order valence-corrected chi connectivity index (χ4v) is 5.96. The van der Waals surface area contributed by atoms with Gasteiger partial charge in [-0.05, 0) is 75.7 Å². The Morgan fingerprint density at radius 3 is 2.48 bits per heavy atom. The Morgan fingerprint density at radius 2 is 1.79 bits per heavy atom. The molecule has 216 valence electrons. The third-order valence-corrected chi connectivity index (χ3v) is 7.88. The van der Waals surface area contributed by atoms with Crippen LogP contribution in [0.1, 0.15) is 55.4 Å². The van der Waals surface area contributed by atoms with E-state index >= 15 is 0 Å². The second-order valence-corrected chi connectivity index (χ2v) is 11.6. The molecule has 0 aliphatic carbocycles. The number of thiazole rings is 1. The molecule has 1 aliphatic heterocycles. The van der Waals surface area contributed by atoms with Gasteiger partial charge in [-0.15, -0.1) is 0 Å². The maximum Gasteiger partial charge on any atom is 0.339 e. The summed E-state index contributed by atoms with van der Waals surface area (Å²) in [5.74, 6) is -0.288. The minimum Gasteiger partial charge on any atom is -0.463 e. The highest BCUT2D eigenvalue weighted by Gasteiger charge is 2.33. The smallest absolute Gasteiger partial charge is 0.339 e. The van der Waals surface area contributed by atoms with E-state index < -0.39 is 18.0 Å². The van der Waals surface area contributed by atoms with Crippen LogP contribution in [-0.2, 0) is 14.3 Å². The fraction of sp³-hybridized carbons (Fsp3) is 0.226. The van der Waals surface area contributed by atoms with Crippen LogP contribution in [0.2, 0.25) is 10.0 Å². The number of carbonyl (C=O) groups is 2. The number of halogens is 2. The number of fused-ring (bicyclic) bond motifs is 1. The molecule has 5 rings (SSSR count). The highest BCUT2D eigenvalue weighted by Crippen LogP contribution is 2.32. The molecule has 0 spiro atoms. The van der Waals surface area contributed by atoms with Gasteiger partial charge in [-0.25, -0.2) is 14.6 Å². The Hall–Kier alpha value is -3.92. The number of hydrogen-bond donors (Lipinski definition) is 0. The van der Waals surface area contributed by atoms with Crippen molar-refractivity contribution in [2.24, 2.45) is 4.99 Å². The number of esters is 2. The zero-order valence-electron chi connectivity index (χ0n) is 23.1. The Balaban J connectivity index is 1.60. The second kappa shape index (κ2) is 12.1. The van der Waals surface area contributed by atoms with E-state index in [9.17, 15) is 14.4 Å². The van der Waals surface area contributed by atoms with Crippen molar-refractivity contribution in [3.8, 4) is 11.3 Å². The van der Waals surface area contributed by atoms with Crippen molar-refractivity contribution >= 4 is 52.6 Å². The normalized spacial score (nSPS) is 15.0. The van der Waals surface area contributed by atoms with Gasteiger partial charge in [-0.2, -0.15) is 0 Å². The maximum atomic E-state index is 13.8. The molecule has 1 aliphatic rings. The van der Waals surface area contributed by atoms with Crippen molar-refractivity contribution in [2.45, 2.75) is 39.8 Å². The second-order valence-electron chi connectivity index (χ2n) is 9.70. The van der Waals surface area contributed by atoms with Crippen molar-refractivity contribution in [3.05, 3.63) is 112 Å². The van der Waals surface area contributed by atoms with Crippen LogP contribution in [0.25, 0.3) is 17.4 Å². The largest absolute Gasteiger partial charge is 0.463 e. The SMILES string of the molecule is CCOC(=O)C1=C(C)N=c2s/c(=C/c3ccc(-c4cc(Cl)ccc4C(=O)OC(C)C)o3)c(=O)n2[C@@H]1c1ccc(Cl)cc1. The molecule has 0 fully saturated rings. The summed E-state index contributed by atoms with van der Waals surface area (Å²) in [6.07, 6.45) is 1.30. The summed E-state index contributed by atoms with van der Waals surface area (Å²) < 4.78 is 18.6. The van der Waals surface area contributed by atoms with Crippen molar-refractivity contribution < 1.29 is 23.5 Å². The predicted octanol–water partition coefficient (Wildman–Crippen LogP) is 5.93. The molecule has 11 heteroatoms. The number of aromatic nitrogens is 1. The van der Waals surface area contributed by atoms with Gasteiger partial charge in [0.15, 0.2) is 4.80 Å². The van der Waals surface area contributed by atoms with Crippen molar-refractivity contribution in [2.75, 3.05) is 6.61 Å². The molecule has 4 aromatic rings. The first-order valence-corrected chi connectivity index (χ1v) is 14.7. The van der Waals surface area contributed by atoms with Crippen LogP contribution in [0, 0.1) is 0 Å². The van der Waals surface area contributed by atoms with E-state index in [1.807, 2.05) is 0 Å². The van der Waals surface area contributed by atoms with Crippen molar-refractivity contribution in [3.63, 3.8) is 0 Å². The molecular weight excluding hydrogens is 599 g/mol. The lowest BCUT2D eigenvalue weighted by atomic mass is 9.96. The molecule has 8 nitrogen and oxygen atoms in total. The quantitative estimate of drug-likeness (QED) is 0.236. The molecule has 1 atom stereocenters. The molecule has 0 radical (unpaired) electrons. The number of benzene rings is 2. The van der Waals surface area contributed by atoms with E-state index in [-0.39, 0.29) is 23.8 Å². The number of allylic oxidation sites excluding steroid dienone is 1. The number of hydrogen-bond acceptors (Lipinski definition) is 8. The molecule has 0 amide bonds. The van der Waals surface area contributed by atoms with Gasteiger partial charge in [0.25, 0.3) is 5.56 Å². The van der Waals surface area contributed by atoms with Crippen LogP contribution >= 0.6 is 34.5 Å². The summed E-state index contributed by atoms with van der Waals surface area (Å²) in [7, 11) is 0. The first-order valence-electron chi connectivity index (χ1n) is 13.1. The molecular formula is C31H26Cl2N2O6S. The van der Waals surface area contributed by atoms with E-state index in [1.54, 1.807) is 88.4 Å². The van der Waals surface area contributed by atoms with Crippen LogP contribution in [-0.4, -0.2) is 29.2 Å². The number of furan rings is 1. The lowest BCUT2D eigenvalue weighted by molar-refractivity contribution is -0.139. The zero-order valence-corrected chi connectivity index (χ0v) is 25.5. The standard InChI is InChI=1S/C31H26Cl2N2O6S/c1-5-39-30(38)26-17(4)34-31-35(27(26)18-6-8-19(32)9-7-18)28(36)25(42-31)15-21-11-13-24(41-21)23-14-20(33)10-12-22(23)29(37)40-16(2)3/h6-16,27H,5H2,1-4H3/b25-15+/t27-/m1/s1. The summed E-state index contributed by atoms with van der Waals surface area (Å²) in [6.45, 7) is 7.15. The van der Waals surface area contributed by atoms with Crippen molar-refractivity contribution in [1.82, 2.24) is 4.57 Å². The van der Waals surface area contributed by atoms with Gasteiger partial charge in [-0.1, -0.05) is 46.7 Å². The Labute approximate surface area is 255 Å². The predicted molar refractivity (Wildman–Crippen MR) is 162 cm³/mol. The minimum absolute atomic E-state index is 0.178. The summed E-state index contributed by atoms with van der Waals surface area (Å²) in [6, 6.07) is 14.4. The molecule has 0 unspecified atom stereocenters. The number of ether oxygens (including phenoxy) is 2. The van der Waals surface area contributed by atoms with Crippen LogP contribution in [0.3, 0.4) is 0 Å². The topological polar surface area (TPSA) is 100 Å². The first-order chi connectivity index (χ1) is 20.1. The van der Waals surface area contributed by atoms with E-state index in [2.05, 4.69) is 4.99 Å². The van der Waals surface area contributed by atoms with E-state index in [0.29, 0.717) is 53.3 Å². The highest BCUT2D eigenvalue weighted by atomic mass is 35.5. The van der Waals surface area contributed by atoms with E-state index in [4.69, 9.17) is 37.1 Å². The fourth-order valence-electron chi connectivity index (χ4n) is 4.63. The third kappa shape index (κ3) is 5.86. The summed E-state index contributed by atoms with van der Waals surface area (Å²) in [4.78, 5) is 44.6. The highest BCUT2D eigenvalue weighted by molar-refractivity contribution is 7.07. The average Bonchev–Trinajstić information content (AvgIpc) is 3.52. The van der Waals surface area contributed by atoms with Gasteiger partial charge in [0, 0.05) is 21.7 Å². The molecule has 2 aromatic carbocycles. The molecule has 0 N–H and O–H groups in total. The van der Waals surface area contributed by atoms with Crippen LogP contribution in [0.5, 0.6) is 0 Å². The molecule has 42 heavy (non-hydrogen) atoms. The Morgan fingerprint density at radius 1 is 1.07 bits per heavy atom. The Kier molecular flexibility index (Phi) is 8.54. The first kappa shape index (κ1) is 29.6. The van der Waals surface area contributed by atoms with Crippen LogP contribution in [0.4, 0.5) is 0 Å². The van der Waals surface area contributed by atoms with Gasteiger partial charge in [0.05, 0.1) is 40.1 Å². The van der Waals surface area contributed by atoms with Crippen LogP contribution in [0.15, 0.2) is 80.1 Å². The van der Waals surface area contributed by atoms with Gasteiger partial charge in [0.1, 0.15) is 11.5 Å². The minimum atomic E-state index is -0.757. The van der Waals surface area contributed by atoms with Gasteiger partial charge < -0.3 is 13.9 Å². The van der Waals surface area contributed by atoms with E-state index in [0.717, 1.165) is 0 Å². The monoisotopic (exact) mass is 624 g/mol. The molecule has 2 aromatic heterocycles. The van der Waals surface area contributed by atoms with Gasteiger partial charge in [-0.3, -0.25) is 9.36 Å². The van der Waals surface area contributed by atoms with Crippen molar-refractivity contribution in [1.29, 1.82) is 0 Å². The molecule has 0 saturated carbocycles. The number of rotatable bonds is 7. The Bertz CT molecular complexity index is 1900. The number of carbonyl (C=O) groups excluding carboxylic acids is 2. The van der Waals surface area contributed by atoms with Crippen LogP contribution < -0.4 is 14.9 Å². The summed E-state index contributed by atoms with van der Waals surface area (Å²) in [5.41, 5.74) is 1.84. The molecule has 0 saturated heterocycles. The maximum absolute atomic E-state index is 13.8. The third-order valence-electron chi connectivity index (χ3n) is 6.41. The summed E-state index contributed by atoms with van der Waals surface area (Å²) >= 11 is 13.5. The molecule has 0 bridgehead atoms. The average molecular weight is 626 g/mol. The van der Waals surface area contributed by atoms with Gasteiger partial charge in [0.2, 0.25) is 0 Å². The van der Waals surface area contributed by atoms with Gasteiger partial charge >= 0.3 is 11.9 Å². The number of nitrogens with zero attached hydrogens (tertiary/aromatic N) is 2. The summed E-state index contributed by atoms with van der Waals surface area (Å²) in [5, 5.41) is 0.950. The lowest BCUT2D eigenvalue weighted by Crippen LogP contribution is -2.39. The zero-order chi connectivity index (χ0) is 30.1. The van der Waals surface area contributed by atoms with E-state index in [1.165, 1.54) is 15.9 Å².